The highest BCUT2D eigenvalue weighted by Gasteiger charge is 2.25. The Morgan fingerprint density at radius 1 is 1.10 bits per heavy atom. The third-order valence-corrected chi connectivity index (χ3v) is 4.93. The number of hydrogen-bond acceptors (Lipinski definition) is 5. The van der Waals surface area contributed by atoms with Crippen molar-refractivity contribution in [3.8, 4) is 0 Å². The van der Waals surface area contributed by atoms with E-state index in [0.29, 0.717) is 50.7 Å². The Labute approximate surface area is 169 Å². The van der Waals surface area contributed by atoms with E-state index in [1.54, 1.807) is 21.9 Å². The molecule has 3 rings (SSSR count). The van der Waals surface area contributed by atoms with Gasteiger partial charge in [0, 0.05) is 44.4 Å². The number of nitrogens with zero attached hydrogens (tertiary/aromatic N) is 4. The Bertz CT molecular complexity index is 875. The lowest BCUT2D eigenvalue weighted by Gasteiger charge is -2.22. The van der Waals surface area contributed by atoms with Crippen molar-refractivity contribution < 1.29 is 18.5 Å². The van der Waals surface area contributed by atoms with E-state index < -0.39 is 5.82 Å². The Balaban J connectivity index is 1.54. The number of halogens is 1. The molecule has 0 aliphatic carbocycles. The maximum Gasteiger partial charge on any atom is 0.256 e. The average Bonchev–Trinajstić information content (AvgIpc) is 3.03. The van der Waals surface area contributed by atoms with Crippen LogP contribution in [0.3, 0.4) is 0 Å². The molecule has 0 bridgehead atoms. The van der Waals surface area contributed by atoms with Crippen LogP contribution in [-0.4, -0.2) is 57.9 Å². The largest absolute Gasteiger partial charge is 0.341 e. The van der Waals surface area contributed by atoms with Gasteiger partial charge in [0.1, 0.15) is 5.82 Å². The monoisotopic (exact) mass is 402 g/mol. The van der Waals surface area contributed by atoms with Gasteiger partial charge in [0.15, 0.2) is 5.82 Å². The summed E-state index contributed by atoms with van der Waals surface area (Å²) in [6.45, 7) is 7.87. The van der Waals surface area contributed by atoms with E-state index in [-0.39, 0.29) is 29.2 Å². The van der Waals surface area contributed by atoms with Gasteiger partial charge in [-0.2, -0.15) is 4.98 Å². The predicted octanol–water partition coefficient (Wildman–Crippen LogP) is 2.81. The van der Waals surface area contributed by atoms with Crippen molar-refractivity contribution in [3.05, 3.63) is 47.4 Å². The topological polar surface area (TPSA) is 79.5 Å². The fourth-order valence-electron chi connectivity index (χ4n) is 3.21. The first-order valence-electron chi connectivity index (χ1n) is 9.90. The third-order valence-electron chi connectivity index (χ3n) is 4.93. The summed E-state index contributed by atoms with van der Waals surface area (Å²) in [6, 6.07) is 5.97. The summed E-state index contributed by atoms with van der Waals surface area (Å²) in [4.78, 5) is 32.9. The molecular weight excluding hydrogens is 375 g/mol. The zero-order valence-corrected chi connectivity index (χ0v) is 17.2. The maximum atomic E-state index is 13.9. The Morgan fingerprint density at radius 3 is 2.48 bits per heavy atom. The summed E-state index contributed by atoms with van der Waals surface area (Å²) in [5, 5.41) is 3.97. The van der Waals surface area contributed by atoms with Crippen LogP contribution in [0.5, 0.6) is 0 Å². The van der Waals surface area contributed by atoms with E-state index >= 15 is 0 Å². The van der Waals surface area contributed by atoms with Crippen molar-refractivity contribution in [3.63, 3.8) is 0 Å². The molecule has 1 aliphatic rings. The van der Waals surface area contributed by atoms with Gasteiger partial charge in [-0.1, -0.05) is 38.1 Å². The van der Waals surface area contributed by atoms with Crippen LogP contribution in [0.2, 0.25) is 0 Å². The van der Waals surface area contributed by atoms with Gasteiger partial charge in [0.2, 0.25) is 11.8 Å². The molecule has 0 spiro atoms. The molecule has 0 saturated carbocycles. The number of benzene rings is 1. The van der Waals surface area contributed by atoms with Crippen LogP contribution in [0.25, 0.3) is 0 Å². The summed E-state index contributed by atoms with van der Waals surface area (Å²) >= 11 is 0. The Morgan fingerprint density at radius 2 is 1.79 bits per heavy atom. The van der Waals surface area contributed by atoms with Gasteiger partial charge < -0.3 is 14.3 Å². The maximum absolute atomic E-state index is 13.9. The van der Waals surface area contributed by atoms with E-state index in [1.165, 1.54) is 12.1 Å². The van der Waals surface area contributed by atoms with E-state index in [9.17, 15) is 14.0 Å². The van der Waals surface area contributed by atoms with Gasteiger partial charge in [-0.15, -0.1) is 0 Å². The van der Waals surface area contributed by atoms with Gasteiger partial charge in [0.05, 0.1) is 5.56 Å². The molecule has 1 aromatic heterocycles. The van der Waals surface area contributed by atoms with Crippen LogP contribution in [0.1, 0.15) is 55.7 Å². The first-order valence-corrected chi connectivity index (χ1v) is 9.90. The van der Waals surface area contributed by atoms with Crippen molar-refractivity contribution >= 4 is 11.8 Å². The highest BCUT2D eigenvalue weighted by molar-refractivity contribution is 5.94. The number of aromatic nitrogens is 2. The highest BCUT2D eigenvalue weighted by atomic mass is 19.1. The minimum atomic E-state index is -0.524. The van der Waals surface area contributed by atoms with Gasteiger partial charge in [0.25, 0.3) is 5.91 Å². The number of carbonyl (C=O) groups excluding carboxylic acids is 2. The van der Waals surface area contributed by atoms with Crippen LogP contribution < -0.4 is 0 Å². The molecule has 7 nitrogen and oxygen atoms in total. The Kier molecular flexibility index (Phi) is 6.30. The lowest BCUT2D eigenvalue weighted by atomic mass is 9.96. The van der Waals surface area contributed by atoms with Gasteiger partial charge in [-0.3, -0.25) is 9.59 Å². The molecule has 2 heterocycles. The zero-order valence-electron chi connectivity index (χ0n) is 17.2. The minimum absolute atomic E-state index is 0.0132. The molecule has 29 heavy (non-hydrogen) atoms. The second kappa shape index (κ2) is 8.71. The molecule has 8 heteroatoms. The number of carbonyl (C=O) groups is 2. The molecular formula is C21H27FN4O3. The summed E-state index contributed by atoms with van der Waals surface area (Å²) in [6.07, 6.45) is 1.31. The normalized spacial score (nSPS) is 15.3. The highest BCUT2D eigenvalue weighted by Crippen LogP contribution is 2.19. The second-order valence-corrected chi connectivity index (χ2v) is 8.27. The number of hydrogen-bond donors (Lipinski definition) is 0. The van der Waals surface area contributed by atoms with Crippen molar-refractivity contribution in [2.45, 2.75) is 45.4 Å². The Hall–Kier alpha value is -2.77. The molecule has 1 aromatic carbocycles. The average molecular weight is 402 g/mol. The SMILES string of the molecule is CC(C)(C)c1noc(CCC(=O)N2CCCN(C(=O)c3ccccc3F)CC2)n1. The smallest absolute Gasteiger partial charge is 0.256 e. The molecule has 0 unspecified atom stereocenters. The summed E-state index contributed by atoms with van der Waals surface area (Å²) in [7, 11) is 0. The van der Waals surface area contributed by atoms with E-state index in [4.69, 9.17) is 4.52 Å². The van der Waals surface area contributed by atoms with E-state index in [1.807, 2.05) is 20.8 Å². The fraction of sp³-hybridized carbons (Fsp3) is 0.524. The summed E-state index contributed by atoms with van der Waals surface area (Å²) < 4.78 is 19.1. The molecule has 1 fully saturated rings. The van der Waals surface area contributed by atoms with Crippen molar-refractivity contribution in [1.82, 2.24) is 19.9 Å². The standard InChI is InChI=1S/C21H27FN4O3/c1-21(2,3)20-23-17(29-24-20)9-10-18(27)25-11-6-12-26(14-13-25)19(28)15-7-4-5-8-16(15)22/h4-5,7-8H,6,9-14H2,1-3H3. The van der Waals surface area contributed by atoms with Crippen molar-refractivity contribution in [1.29, 1.82) is 0 Å². The zero-order chi connectivity index (χ0) is 21.0. The number of amides is 2. The molecule has 0 N–H and O–H groups in total. The lowest BCUT2D eigenvalue weighted by Crippen LogP contribution is -2.37. The third kappa shape index (κ3) is 5.19. The fourth-order valence-corrected chi connectivity index (χ4v) is 3.21. The van der Waals surface area contributed by atoms with Crippen molar-refractivity contribution in [2.24, 2.45) is 0 Å². The minimum Gasteiger partial charge on any atom is -0.341 e. The molecule has 2 amide bonds. The summed E-state index contributed by atoms with van der Waals surface area (Å²) in [5.41, 5.74) is -0.136. The molecule has 0 radical (unpaired) electrons. The van der Waals surface area contributed by atoms with E-state index in [2.05, 4.69) is 10.1 Å². The predicted molar refractivity (Wildman–Crippen MR) is 105 cm³/mol. The first kappa shape index (κ1) is 21.0. The van der Waals surface area contributed by atoms with Gasteiger partial charge in [-0.05, 0) is 18.6 Å². The van der Waals surface area contributed by atoms with Crippen LogP contribution in [0, 0.1) is 5.82 Å². The summed E-state index contributed by atoms with van der Waals surface area (Å²) in [5.74, 6) is 0.203. The second-order valence-electron chi connectivity index (χ2n) is 8.27. The molecule has 1 saturated heterocycles. The lowest BCUT2D eigenvalue weighted by molar-refractivity contribution is -0.131. The van der Waals surface area contributed by atoms with Gasteiger partial charge in [-0.25, -0.2) is 4.39 Å². The van der Waals surface area contributed by atoms with Crippen molar-refractivity contribution in [2.75, 3.05) is 26.2 Å². The molecule has 156 valence electrons. The van der Waals surface area contributed by atoms with E-state index in [0.717, 1.165) is 0 Å². The quantitative estimate of drug-likeness (QED) is 0.786. The molecule has 0 atom stereocenters. The van der Waals surface area contributed by atoms with Crippen LogP contribution in [0.15, 0.2) is 28.8 Å². The van der Waals surface area contributed by atoms with Gasteiger partial charge >= 0.3 is 0 Å². The first-order chi connectivity index (χ1) is 13.8. The van der Waals surface area contributed by atoms with Crippen LogP contribution in [0.4, 0.5) is 4.39 Å². The van der Waals surface area contributed by atoms with Crippen LogP contribution in [-0.2, 0) is 16.6 Å². The molecule has 1 aliphatic heterocycles. The van der Waals surface area contributed by atoms with Crippen LogP contribution >= 0.6 is 0 Å². The number of aryl methyl sites for hydroxylation is 1. The number of rotatable bonds is 4. The molecule has 2 aromatic rings.